The number of halogens is 4. The molecule has 0 spiro atoms. The van der Waals surface area contributed by atoms with Crippen LogP contribution in [0.25, 0.3) is 0 Å². The second-order valence-electron chi connectivity index (χ2n) is 2.17. The van der Waals surface area contributed by atoms with E-state index in [4.69, 9.17) is 11.6 Å². The van der Waals surface area contributed by atoms with Gasteiger partial charge in [-0.05, 0) is 6.07 Å². The van der Waals surface area contributed by atoms with Gasteiger partial charge in [-0.2, -0.15) is 13.2 Å². The summed E-state index contributed by atoms with van der Waals surface area (Å²) in [5.41, 5.74) is -1.88. The van der Waals surface area contributed by atoms with Gasteiger partial charge in [-0.25, -0.2) is 0 Å². The zero-order chi connectivity index (χ0) is 10.1. The molecule has 0 fully saturated rings. The summed E-state index contributed by atoms with van der Waals surface area (Å²) in [6, 6.07) is 0.984. The maximum absolute atomic E-state index is 12.2. The first-order valence-corrected chi connectivity index (χ1v) is 3.51. The van der Waals surface area contributed by atoms with Crippen LogP contribution in [0.3, 0.4) is 0 Å². The van der Waals surface area contributed by atoms with Crippen LogP contribution < -0.4 is 0 Å². The van der Waals surface area contributed by atoms with Crippen LogP contribution in [0.5, 0.6) is 0 Å². The van der Waals surface area contributed by atoms with Gasteiger partial charge in [0.05, 0.1) is 5.02 Å². The average molecular weight is 210 g/mol. The Morgan fingerprint density at radius 2 is 2.08 bits per heavy atom. The third-order valence-electron chi connectivity index (χ3n) is 1.32. The molecule has 1 aromatic rings. The summed E-state index contributed by atoms with van der Waals surface area (Å²) in [5.74, 6) is 0. The Balaban J connectivity index is 3.40. The first kappa shape index (κ1) is 9.98. The van der Waals surface area contributed by atoms with Crippen LogP contribution in [0.15, 0.2) is 12.3 Å². The molecule has 2 nitrogen and oxygen atoms in total. The van der Waals surface area contributed by atoms with E-state index in [9.17, 15) is 18.0 Å². The lowest BCUT2D eigenvalue weighted by Crippen LogP contribution is -2.11. The number of hydrogen-bond acceptors (Lipinski definition) is 2. The van der Waals surface area contributed by atoms with Gasteiger partial charge in [0.1, 0.15) is 11.3 Å². The van der Waals surface area contributed by atoms with Crippen LogP contribution in [0, 0.1) is 0 Å². The summed E-state index contributed by atoms with van der Waals surface area (Å²) in [4.78, 5) is 13.5. The minimum absolute atomic E-state index is 0.0225. The lowest BCUT2D eigenvalue weighted by Gasteiger charge is -2.09. The lowest BCUT2D eigenvalue weighted by atomic mass is 10.2. The molecule has 0 aromatic carbocycles. The molecule has 0 radical (unpaired) electrons. The van der Waals surface area contributed by atoms with Crippen molar-refractivity contribution in [1.82, 2.24) is 4.98 Å². The monoisotopic (exact) mass is 209 g/mol. The highest BCUT2D eigenvalue weighted by Gasteiger charge is 2.36. The molecule has 1 heterocycles. The predicted octanol–water partition coefficient (Wildman–Crippen LogP) is 2.57. The molecule has 0 aliphatic heterocycles. The molecule has 0 aliphatic rings. The summed E-state index contributed by atoms with van der Waals surface area (Å²) in [6.07, 6.45) is -3.59. The van der Waals surface area contributed by atoms with Crippen molar-refractivity contribution in [2.24, 2.45) is 0 Å². The molecule has 1 rings (SSSR count). The maximum Gasteiger partial charge on any atom is 0.420 e. The fourth-order valence-electron chi connectivity index (χ4n) is 0.823. The van der Waals surface area contributed by atoms with Crippen LogP contribution in [0.2, 0.25) is 5.02 Å². The Morgan fingerprint density at radius 1 is 1.46 bits per heavy atom. The summed E-state index contributed by atoms with van der Waals surface area (Å²) in [5, 5.41) is -0.524. The van der Waals surface area contributed by atoms with Crippen LogP contribution in [-0.2, 0) is 6.18 Å². The van der Waals surface area contributed by atoms with Crippen molar-refractivity contribution in [3.8, 4) is 0 Å². The zero-order valence-corrected chi connectivity index (χ0v) is 6.86. The quantitative estimate of drug-likeness (QED) is 0.666. The fraction of sp³-hybridized carbons (Fsp3) is 0.143. The highest BCUT2D eigenvalue weighted by molar-refractivity contribution is 6.31. The van der Waals surface area contributed by atoms with Crippen LogP contribution in [-0.4, -0.2) is 11.3 Å². The van der Waals surface area contributed by atoms with Crippen LogP contribution >= 0.6 is 11.6 Å². The number of carbonyl (C=O) groups is 1. The van der Waals surface area contributed by atoms with Crippen molar-refractivity contribution >= 4 is 17.9 Å². The van der Waals surface area contributed by atoms with Gasteiger partial charge in [-0.1, -0.05) is 11.6 Å². The van der Waals surface area contributed by atoms with Gasteiger partial charge < -0.3 is 0 Å². The molecule has 0 aliphatic carbocycles. The van der Waals surface area contributed by atoms with E-state index in [1.165, 1.54) is 0 Å². The Kier molecular flexibility index (Phi) is 2.56. The van der Waals surface area contributed by atoms with E-state index in [2.05, 4.69) is 4.98 Å². The lowest BCUT2D eigenvalue weighted by molar-refractivity contribution is -0.138. The highest BCUT2D eigenvalue weighted by Crippen LogP contribution is 2.35. The van der Waals surface area contributed by atoms with E-state index in [1.807, 2.05) is 0 Å². The standard InChI is InChI=1S/C7H3ClF3NO/c8-4-1-2-12-5(3-13)6(4)7(9,10)11/h1-3H. The van der Waals surface area contributed by atoms with Gasteiger partial charge in [0, 0.05) is 6.20 Å². The molecule has 13 heavy (non-hydrogen) atoms. The van der Waals surface area contributed by atoms with Crippen molar-refractivity contribution in [3.05, 3.63) is 28.5 Å². The van der Waals surface area contributed by atoms with E-state index in [0.29, 0.717) is 0 Å². The number of pyridine rings is 1. The molecule has 0 saturated carbocycles. The van der Waals surface area contributed by atoms with Gasteiger partial charge in [0.15, 0.2) is 6.29 Å². The average Bonchev–Trinajstić information content (AvgIpc) is 2.01. The number of aldehydes is 1. The number of nitrogens with zero attached hydrogens (tertiary/aromatic N) is 1. The molecule has 0 saturated heterocycles. The number of carbonyl (C=O) groups excluding carboxylic acids is 1. The molecule has 0 bridgehead atoms. The first-order chi connectivity index (χ1) is 5.96. The van der Waals surface area contributed by atoms with Crippen molar-refractivity contribution in [3.63, 3.8) is 0 Å². The Labute approximate surface area is 76.3 Å². The summed E-state index contributed by atoms with van der Waals surface area (Å²) in [6.45, 7) is 0. The fourth-order valence-corrected chi connectivity index (χ4v) is 1.08. The minimum Gasteiger partial charge on any atom is -0.296 e. The SMILES string of the molecule is O=Cc1nccc(Cl)c1C(F)(F)F. The summed E-state index contributed by atoms with van der Waals surface area (Å²) < 4.78 is 36.6. The predicted molar refractivity (Wildman–Crippen MR) is 39.6 cm³/mol. The zero-order valence-electron chi connectivity index (χ0n) is 6.10. The van der Waals surface area contributed by atoms with Crippen molar-refractivity contribution in [2.75, 3.05) is 0 Å². The molecule has 70 valence electrons. The molecule has 1 aromatic heterocycles. The molecule has 0 atom stereocenters. The van der Waals surface area contributed by atoms with Crippen LogP contribution in [0.1, 0.15) is 16.1 Å². The first-order valence-electron chi connectivity index (χ1n) is 3.13. The van der Waals surface area contributed by atoms with Crippen molar-refractivity contribution < 1.29 is 18.0 Å². The van der Waals surface area contributed by atoms with Gasteiger partial charge in [-0.15, -0.1) is 0 Å². The second-order valence-corrected chi connectivity index (χ2v) is 2.58. The number of hydrogen-bond donors (Lipinski definition) is 0. The molecule has 0 amide bonds. The molecule has 6 heteroatoms. The Hall–Kier alpha value is -1.10. The maximum atomic E-state index is 12.2. The van der Waals surface area contributed by atoms with E-state index < -0.39 is 22.5 Å². The minimum atomic E-state index is -4.65. The Morgan fingerprint density at radius 3 is 2.46 bits per heavy atom. The van der Waals surface area contributed by atoms with Gasteiger partial charge >= 0.3 is 6.18 Å². The van der Waals surface area contributed by atoms with Crippen molar-refractivity contribution in [1.29, 1.82) is 0 Å². The van der Waals surface area contributed by atoms with Gasteiger partial charge in [-0.3, -0.25) is 9.78 Å². The smallest absolute Gasteiger partial charge is 0.296 e. The van der Waals surface area contributed by atoms with E-state index in [0.717, 1.165) is 12.3 Å². The largest absolute Gasteiger partial charge is 0.420 e. The number of aromatic nitrogens is 1. The molecular formula is C7H3ClF3NO. The second kappa shape index (κ2) is 3.33. The van der Waals surface area contributed by atoms with E-state index in [1.54, 1.807) is 0 Å². The number of alkyl halides is 3. The van der Waals surface area contributed by atoms with Crippen LogP contribution in [0.4, 0.5) is 13.2 Å². The third-order valence-corrected chi connectivity index (χ3v) is 1.64. The normalized spacial score (nSPS) is 11.4. The van der Waals surface area contributed by atoms with E-state index >= 15 is 0 Å². The molecular weight excluding hydrogens is 207 g/mol. The van der Waals surface area contributed by atoms with Gasteiger partial charge in [0.25, 0.3) is 0 Å². The Bertz CT molecular complexity index is 337. The van der Waals surface area contributed by atoms with Gasteiger partial charge in [0.2, 0.25) is 0 Å². The summed E-state index contributed by atoms with van der Waals surface area (Å²) >= 11 is 5.27. The van der Waals surface area contributed by atoms with Crippen molar-refractivity contribution in [2.45, 2.75) is 6.18 Å². The topological polar surface area (TPSA) is 30.0 Å². The van der Waals surface area contributed by atoms with E-state index in [-0.39, 0.29) is 6.29 Å². The number of rotatable bonds is 1. The molecule has 0 unspecified atom stereocenters. The molecule has 0 N–H and O–H groups in total. The third kappa shape index (κ3) is 1.98. The summed E-state index contributed by atoms with van der Waals surface area (Å²) in [7, 11) is 0. The highest BCUT2D eigenvalue weighted by atomic mass is 35.5.